The first-order chi connectivity index (χ1) is 8.40. The van der Waals surface area contributed by atoms with E-state index in [9.17, 15) is 9.90 Å². The van der Waals surface area contributed by atoms with Gasteiger partial charge >= 0.3 is 0 Å². The van der Waals surface area contributed by atoms with Gasteiger partial charge in [-0.3, -0.25) is 4.79 Å². The fraction of sp³-hybridized carbons (Fsp3) is 0.538. The molecule has 0 spiro atoms. The quantitative estimate of drug-likeness (QED) is 0.793. The molecule has 100 valence electrons. The molecule has 0 aliphatic heterocycles. The lowest BCUT2D eigenvalue weighted by Crippen LogP contribution is -2.36. The summed E-state index contributed by atoms with van der Waals surface area (Å²) in [5, 5.41) is 9.42. The van der Waals surface area contributed by atoms with Crippen molar-refractivity contribution in [3.8, 4) is 0 Å². The topological polar surface area (TPSA) is 79.5 Å². The van der Waals surface area contributed by atoms with E-state index in [-0.39, 0.29) is 12.5 Å². The second-order valence-corrected chi connectivity index (χ2v) is 4.87. The van der Waals surface area contributed by atoms with Crippen LogP contribution in [0, 0.1) is 5.92 Å². The normalized spacial score (nSPS) is 12.5. The summed E-state index contributed by atoms with van der Waals surface area (Å²) in [7, 11) is 0. The smallest absolute Gasteiger partial charge is 0.236 e. The van der Waals surface area contributed by atoms with Crippen LogP contribution in [0.3, 0.4) is 0 Å². The highest BCUT2D eigenvalue weighted by Gasteiger charge is 2.13. The first kappa shape index (κ1) is 14.4. The van der Waals surface area contributed by atoms with Crippen molar-refractivity contribution in [3.05, 3.63) is 23.9 Å². The number of carbonyl (C=O) groups is 1. The highest BCUT2D eigenvalue weighted by molar-refractivity contribution is 5.79. The van der Waals surface area contributed by atoms with Crippen molar-refractivity contribution in [3.63, 3.8) is 0 Å². The van der Waals surface area contributed by atoms with Gasteiger partial charge in [-0.25, -0.2) is 4.98 Å². The largest absolute Gasteiger partial charge is 0.389 e. The average Bonchev–Trinajstić information content (AvgIpc) is 2.27. The number of hydrogen-bond acceptors (Lipinski definition) is 4. The Labute approximate surface area is 108 Å². The monoisotopic (exact) mass is 251 g/mol. The van der Waals surface area contributed by atoms with E-state index in [1.54, 1.807) is 25.3 Å². The third-order valence-electron chi connectivity index (χ3n) is 2.51. The van der Waals surface area contributed by atoms with Crippen LogP contribution in [-0.2, 0) is 4.79 Å². The Morgan fingerprint density at radius 3 is 2.50 bits per heavy atom. The van der Waals surface area contributed by atoms with E-state index >= 15 is 0 Å². The minimum atomic E-state index is -0.541. The van der Waals surface area contributed by atoms with E-state index in [1.807, 2.05) is 4.90 Å². The van der Waals surface area contributed by atoms with Gasteiger partial charge in [0.1, 0.15) is 5.82 Å². The van der Waals surface area contributed by atoms with E-state index in [0.29, 0.717) is 18.3 Å². The van der Waals surface area contributed by atoms with Gasteiger partial charge in [0.2, 0.25) is 5.91 Å². The molecule has 0 aliphatic carbocycles. The molecule has 1 rings (SSSR count). The van der Waals surface area contributed by atoms with E-state index in [0.717, 1.165) is 5.56 Å². The van der Waals surface area contributed by atoms with Crippen molar-refractivity contribution in [1.82, 2.24) is 4.98 Å². The van der Waals surface area contributed by atoms with Gasteiger partial charge in [0.25, 0.3) is 0 Å². The van der Waals surface area contributed by atoms with E-state index < -0.39 is 6.10 Å². The standard InChI is InChI=1S/C13H21N3O2/c1-9(2)7-16(8-12(14)18)13-5-4-11(6-15-13)10(3)17/h4-6,9-10,17H,7-8H2,1-3H3,(H2,14,18). The van der Waals surface area contributed by atoms with Gasteiger partial charge in [-0.1, -0.05) is 19.9 Å². The zero-order chi connectivity index (χ0) is 13.7. The predicted molar refractivity (Wildman–Crippen MR) is 71.1 cm³/mol. The number of anilines is 1. The summed E-state index contributed by atoms with van der Waals surface area (Å²) in [6.07, 6.45) is 1.08. The van der Waals surface area contributed by atoms with Gasteiger partial charge < -0.3 is 15.7 Å². The maximum atomic E-state index is 11.1. The second-order valence-electron chi connectivity index (χ2n) is 4.87. The Bertz CT molecular complexity index is 388. The number of pyridine rings is 1. The number of aliphatic hydroxyl groups is 1. The number of aromatic nitrogens is 1. The lowest BCUT2D eigenvalue weighted by molar-refractivity contribution is -0.116. The van der Waals surface area contributed by atoms with Gasteiger partial charge in [0.05, 0.1) is 12.6 Å². The number of amides is 1. The van der Waals surface area contributed by atoms with Crippen LogP contribution in [0.5, 0.6) is 0 Å². The molecule has 1 aromatic rings. The van der Waals surface area contributed by atoms with E-state index in [1.165, 1.54) is 0 Å². The minimum Gasteiger partial charge on any atom is -0.389 e. The van der Waals surface area contributed by atoms with E-state index in [2.05, 4.69) is 18.8 Å². The maximum Gasteiger partial charge on any atom is 0.236 e. The van der Waals surface area contributed by atoms with Gasteiger partial charge in [-0.05, 0) is 24.5 Å². The summed E-state index contributed by atoms with van der Waals surface area (Å²) in [6.45, 7) is 6.69. The number of rotatable bonds is 6. The van der Waals surface area contributed by atoms with E-state index in [4.69, 9.17) is 5.73 Å². The summed E-state index contributed by atoms with van der Waals surface area (Å²) in [4.78, 5) is 17.2. The van der Waals surface area contributed by atoms with Crippen LogP contribution in [0.4, 0.5) is 5.82 Å². The third kappa shape index (κ3) is 4.33. The van der Waals surface area contributed by atoms with Crippen LogP contribution in [0.2, 0.25) is 0 Å². The molecular weight excluding hydrogens is 230 g/mol. The second kappa shape index (κ2) is 6.35. The van der Waals surface area contributed by atoms with Gasteiger partial charge in [0, 0.05) is 12.7 Å². The highest BCUT2D eigenvalue weighted by atomic mass is 16.3. The first-order valence-electron chi connectivity index (χ1n) is 6.07. The summed E-state index contributed by atoms with van der Waals surface area (Å²) < 4.78 is 0. The number of nitrogens with zero attached hydrogens (tertiary/aromatic N) is 2. The zero-order valence-corrected chi connectivity index (χ0v) is 11.1. The van der Waals surface area contributed by atoms with Crippen LogP contribution in [0.25, 0.3) is 0 Å². The van der Waals surface area contributed by atoms with Crippen molar-refractivity contribution in [2.24, 2.45) is 11.7 Å². The minimum absolute atomic E-state index is 0.152. The van der Waals surface area contributed by atoms with Crippen LogP contribution >= 0.6 is 0 Å². The molecule has 3 N–H and O–H groups in total. The lowest BCUT2D eigenvalue weighted by Gasteiger charge is -2.24. The van der Waals surface area contributed by atoms with Gasteiger partial charge in [0.15, 0.2) is 0 Å². The molecule has 0 radical (unpaired) electrons. The Balaban J connectivity index is 2.87. The Morgan fingerprint density at radius 2 is 2.11 bits per heavy atom. The van der Waals surface area contributed by atoms with Crippen LogP contribution in [0.1, 0.15) is 32.4 Å². The molecule has 0 aliphatic rings. The SMILES string of the molecule is CC(C)CN(CC(N)=O)c1ccc(C(C)O)cn1. The van der Waals surface area contributed by atoms with Crippen molar-refractivity contribution in [2.45, 2.75) is 26.9 Å². The number of primary amides is 1. The van der Waals surface area contributed by atoms with Crippen LogP contribution < -0.4 is 10.6 Å². The molecule has 0 fully saturated rings. The van der Waals surface area contributed by atoms with Crippen molar-refractivity contribution in [1.29, 1.82) is 0 Å². The van der Waals surface area contributed by atoms with Crippen LogP contribution in [-0.4, -0.2) is 29.1 Å². The number of hydrogen-bond donors (Lipinski definition) is 2. The fourth-order valence-electron chi connectivity index (χ4n) is 1.70. The molecule has 5 heteroatoms. The lowest BCUT2D eigenvalue weighted by atomic mass is 10.1. The summed E-state index contributed by atoms with van der Waals surface area (Å²) in [5.41, 5.74) is 5.99. The maximum absolute atomic E-state index is 11.1. The molecule has 1 amide bonds. The number of aliphatic hydroxyl groups excluding tert-OH is 1. The molecule has 18 heavy (non-hydrogen) atoms. The molecule has 0 saturated heterocycles. The summed E-state index contributed by atoms with van der Waals surface area (Å²) >= 11 is 0. The molecular formula is C13H21N3O2. The third-order valence-corrected chi connectivity index (χ3v) is 2.51. The Morgan fingerprint density at radius 1 is 1.44 bits per heavy atom. The zero-order valence-electron chi connectivity index (χ0n) is 11.1. The Kier molecular flexibility index (Phi) is 5.09. The predicted octanol–water partition coefficient (Wildman–Crippen LogP) is 1.08. The van der Waals surface area contributed by atoms with Crippen molar-refractivity contribution >= 4 is 11.7 Å². The number of carbonyl (C=O) groups excluding carboxylic acids is 1. The molecule has 1 heterocycles. The van der Waals surface area contributed by atoms with Gasteiger partial charge in [-0.15, -0.1) is 0 Å². The molecule has 1 aromatic heterocycles. The number of nitrogens with two attached hydrogens (primary N) is 1. The summed E-state index contributed by atoms with van der Waals surface area (Å²) in [5.74, 6) is 0.728. The fourth-order valence-corrected chi connectivity index (χ4v) is 1.70. The average molecular weight is 251 g/mol. The first-order valence-corrected chi connectivity index (χ1v) is 6.07. The molecule has 0 bridgehead atoms. The molecule has 1 unspecified atom stereocenters. The van der Waals surface area contributed by atoms with Gasteiger partial charge in [-0.2, -0.15) is 0 Å². The molecule has 0 aromatic carbocycles. The molecule has 5 nitrogen and oxygen atoms in total. The van der Waals surface area contributed by atoms with Crippen molar-refractivity contribution < 1.29 is 9.90 Å². The Hall–Kier alpha value is -1.62. The van der Waals surface area contributed by atoms with Crippen LogP contribution in [0.15, 0.2) is 18.3 Å². The summed E-state index contributed by atoms with van der Waals surface area (Å²) in [6, 6.07) is 3.61. The molecule has 0 saturated carbocycles. The van der Waals surface area contributed by atoms with Crippen molar-refractivity contribution in [2.75, 3.05) is 18.0 Å². The highest BCUT2D eigenvalue weighted by Crippen LogP contribution is 2.16. The molecule has 1 atom stereocenters.